The zero-order valence-electron chi connectivity index (χ0n) is 12.7. The highest BCUT2D eigenvalue weighted by Gasteiger charge is 2.25. The van der Waals surface area contributed by atoms with E-state index in [1.807, 2.05) is 34.9 Å². The summed E-state index contributed by atoms with van der Waals surface area (Å²) in [5.41, 5.74) is 0.945. The lowest BCUT2D eigenvalue weighted by Crippen LogP contribution is -2.49. The van der Waals surface area contributed by atoms with Crippen LogP contribution in [0.4, 0.5) is 0 Å². The first kappa shape index (κ1) is 15.1. The third kappa shape index (κ3) is 3.68. The molecule has 0 aliphatic carbocycles. The van der Waals surface area contributed by atoms with Gasteiger partial charge >= 0.3 is 0 Å². The molecule has 1 aromatic rings. The molecule has 3 heterocycles. The molecule has 1 amide bonds. The molecule has 22 heavy (non-hydrogen) atoms. The van der Waals surface area contributed by atoms with Gasteiger partial charge < -0.3 is 9.80 Å². The van der Waals surface area contributed by atoms with Crippen molar-refractivity contribution in [3.8, 4) is 0 Å². The van der Waals surface area contributed by atoms with Crippen LogP contribution in [0.15, 0.2) is 35.6 Å². The molecule has 1 unspecified atom stereocenters. The first-order valence-corrected chi connectivity index (χ1v) is 8.43. The maximum absolute atomic E-state index is 12.2. The highest BCUT2D eigenvalue weighted by Crippen LogP contribution is 2.23. The monoisotopic (exact) mass is 316 g/mol. The number of carbonyl (C=O) groups is 1. The Morgan fingerprint density at radius 3 is 2.82 bits per heavy atom. The molecular formula is C16H20N4OS. The highest BCUT2D eigenvalue weighted by molar-refractivity contribution is 8.14. The van der Waals surface area contributed by atoms with Gasteiger partial charge in [0.1, 0.15) is 0 Å². The quantitative estimate of drug-likeness (QED) is 0.780. The van der Waals surface area contributed by atoms with Crippen molar-refractivity contribution >= 4 is 28.9 Å². The van der Waals surface area contributed by atoms with Gasteiger partial charge in [0.25, 0.3) is 0 Å². The van der Waals surface area contributed by atoms with Crippen LogP contribution in [-0.4, -0.2) is 63.8 Å². The Bertz CT molecular complexity index is 579. The fourth-order valence-corrected chi connectivity index (χ4v) is 3.49. The van der Waals surface area contributed by atoms with Gasteiger partial charge in [-0.15, -0.1) is 0 Å². The number of thioether (sulfide) groups is 1. The predicted octanol–water partition coefficient (Wildman–Crippen LogP) is 1.73. The second-order valence-corrected chi connectivity index (χ2v) is 6.89. The fourth-order valence-electron chi connectivity index (χ4n) is 2.50. The van der Waals surface area contributed by atoms with Gasteiger partial charge in [0, 0.05) is 49.9 Å². The summed E-state index contributed by atoms with van der Waals surface area (Å²) >= 11 is 1.84. The summed E-state index contributed by atoms with van der Waals surface area (Å²) in [4.78, 5) is 25.0. The molecule has 1 fully saturated rings. The third-order valence-corrected chi connectivity index (χ3v) is 4.90. The Balaban J connectivity index is 1.51. The Hall–Kier alpha value is -1.82. The SMILES string of the molecule is CC1CN=C(N2CCN(C(=O)/C=C/c3cccnc3)CC2)S1. The lowest BCUT2D eigenvalue weighted by atomic mass is 10.2. The number of amides is 1. The van der Waals surface area contributed by atoms with E-state index in [9.17, 15) is 4.79 Å². The molecular weight excluding hydrogens is 296 g/mol. The molecule has 1 aromatic heterocycles. The van der Waals surface area contributed by atoms with Crippen LogP contribution in [0.1, 0.15) is 12.5 Å². The molecule has 0 bridgehead atoms. The maximum atomic E-state index is 12.2. The van der Waals surface area contributed by atoms with Crippen LogP contribution in [0.3, 0.4) is 0 Å². The number of aliphatic imine (C=N–C) groups is 1. The van der Waals surface area contributed by atoms with Crippen LogP contribution in [0.2, 0.25) is 0 Å². The van der Waals surface area contributed by atoms with Gasteiger partial charge in [-0.3, -0.25) is 14.8 Å². The Labute approximate surface area is 135 Å². The largest absolute Gasteiger partial charge is 0.348 e. The number of nitrogens with zero attached hydrogens (tertiary/aromatic N) is 4. The minimum absolute atomic E-state index is 0.0675. The van der Waals surface area contributed by atoms with Crippen molar-refractivity contribution in [2.75, 3.05) is 32.7 Å². The van der Waals surface area contributed by atoms with Crippen LogP contribution in [0.5, 0.6) is 0 Å². The molecule has 0 radical (unpaired) electrons. The summed E-state index contributed by atoms with van der Waals surface area (Å²) in [7, 11) is 0. The number of piperazine rings is 1. The molecule has 116 valence electrons. The third-order valence-electron chi connectivity index (χ3n) is 3.75. The summed E-state index contributed by atoms with van der Waals surface area (Å²) < 4.78 is 0. The molecule has 2 aliphatic heterocycles. The van der Waals surface area contributed by atoms with Crippen molar-refractivity contribution in [2.24, 2.45) is 4.99 Å². The van der Waals surface area contributed by atoms with Crippen molar-refractivity contribution in [1.82, 2.24) is 14.8 Å². The summed E-state index contributed by atoms with van der Waals surface area (Å²) in [6, 6.07) is 3.80. The maximum Gasteiger partial charge on any atom is 0.246 e. The topological polar surface area (TPSA) is 48.8 Å². The smallest absolute Gasteiger partial charge is 0.246 e. The van der Waals surface area contributed by atoms with E-state index < -0.39 is 0 Å². The number of hydrogen-bond acceptors (Lipinski definition) is 5. The van der Waals surface area contributed by atoms with E-state index in [0.717, 1.165) is 43.5 Å². The number of pyridine rings is 1. The molecule has 0 saturated carbocycles. The first-order valence-electron chi connectivity index (χ1n) is 7.55. The number of carbonyl (C=O) groups excluding carboxylic acids is 1. The molecule has 1 atom stereocenters. The summed E-state index contributed by atoms with van der Waals surface area (Å²) in [6.07, 6.45) is 6.93. The van der Waals surface area contributed by atoms with Gasteiger partial charge in [-0.2, -0.15) is 0 Å². The van der Waals surface area contributed by atoms with Crippen molar-refractivity contribution in [1.29, 1.82) is 0 Å². The first-order chi connectivity index (χ1) is 10.7. The van der Waals surface area contributed by atoms with Gasteiger partial charge in [0.15, 0.2) is 5.17 Å². The summed E-state index contributed by atoms with van der Waals surface area (Å²) in [5, 5.41) is 1.72. The van der Waals surface area contributed by atoms with E-state index in [2.05, 4.69) is 21.8 Å². The molecule has 1 saturated heterocycles. The van der Waals surface area contributed by atoms with E-state index in [1.54, 1.807) is 18.5 Å². The Morgan fingerprint density at radius 2 is 2.18 bits per heavy atom. The summed E-state index contributed by atoms with van der Waals surface area (Å²) in [5.74, 6) is 0.0675. The second-order valence-electron chi connectivity index (χ2n) is 5.48. The van der Waals surface area contributed by atoms with Crippen LogP contribution >= 0.6 is 11.8 Å². The van der Waals surface area contributed by atoms with Crippen molar-refractivity contribution < 1.29 is 4.79 Å². The van der Waals surface area contributed by atoms with Gasteiger partial charge in [0.2, 0.25) is 5.91 Å². The molecule has 0 aromatic carbocycles. The average Bonchev–Trinajstić information content (AvgIpc) is 3.00. The number of amidine groups is 1. The van der Waals surface area contributed by atoms with E-state index in [4.69, 9.17) is 0 Å². The number of hydrogen-bond donors (Lipinski definition) is 0. The van der Waals surface area contributed by atoms with Gasteiger partial charge in [-0.05, 0) is 17.7 Å². The van der Waals surface area contributed by atoms with E-state index in [1.165, 1.54) is 0 Å². The lowest BCUT2D eigenvalue weighted by molar-refractivity contribution is -0.127. The minimum atomic E-state index is 0.0675. The number of rotatable bonds is 2. The van der Waals surface area contributed by atoms with Crippen LogP contribution in [0.25, 0.3) is 6.08 Å². The number of aromatic nitrogens is 1. The molecule has 5 nitrogen and oxygen atoms in total. The van der Waals surface area contributed by atoms with Crippen molar-refractivity contribution in [3.05, 3.63) is 36.2 Å². The molecule has 0 spiro atoms. The lowest BCUT2D eigenvalue weighted by Gasteiger charge is -2.35. The van der Waals surface area contributed by atoms with E-state index in [-0.39, 0.29) is 5.91 Å². The van der Waals surface area contributed by atoms with Gasteiger partial charge in [-0.1, -0.05) is 24.8 Å². The predicted molar refractivity (Wildman–Crippen MR) is 90.8 cm³/mol. The van der Waals surface area contributed by atoms with Crippen LogP contribution < -0.4 is 0 Å². The Morgan fingerprint density at radius 1 is 1.36 bits per heavy atom. The summed E-state index contributed by atoms with van der Waals surface area (Å²) in [6.45, 7) is 6.35. The Kier molecular flexibility index (Phi) is 4.77. The van der Waals surface area contributed by atoms with Gasteiger partial charge in [-0.25, -0.2) is 0 Å². The molecule has 2 aliphatic rings. The molecule has 3 rings (SSSR count). The van der Waals surface area contributed by atoms with Gasteiger partial charge in [0.05, 0.1) is 6.54 Å². The standard InChI is InChI=1S/C16H20N4OS/c1-13-11-18-16(22-13)20-9-7-19(8-10-20)15(21)5-4-14-3-2-6-17-12-14/h2-6,12-13H,7-11H2,1H3/b5-4+. The molecule has 6 heteroatoms. The minimum Gasteiger partial charge on any atom is -0.348 e. The zero-order valence-corrected chi connectivity index (χ0v) is 13.5. The fraction of sp³-hybridized carbons (Fsp3) is 0.438. The van der Waals surface area contributed by atoms with Crippen LogP contribution in [0, 0.1) is 0 Å². The molecule has 0 N–H and O–H groups in total. The van der Waals surface area contributed by atoms with E-state index >= 15 is 0 Å². The zero-order chi connectivity index (χ0) is 15.4. The normalized spacial score (nSPS) is 22.2. The van der Waals surface area contributed by atoms with Crippen molar-refractivity contribution in [2.45, 2.75) is 12.2 Å². The highest BCUT2D eigenvalue weighted by atomic mass is 32.2. The van der Waals surface area contributed by atoms with Crippen LogP contribution in [-0.2, 0) is 4.79 Å². The van der Waals surface area contributed by atoms with E-state index in [0.29, 0.717) is 5.25 Å². The second kappa shape index (κ2) is 6.96. The van der Waals surface area contributed by atoms with Crippen molar-refractivity contribution in [3.63, 3.8) is 0 Å². The average molecular weight is 316 g/mol.